The van der Waals surface area contributed by atoms with E-state index in [0.29, 0.717) is 19.0 Å². The molecule has 2 saturated heterocycles. The minimum absolute atomic E-state index is 0.00654. The van der Waals surface area contributed by atoms with E-state index in [-0.39, 0.29) is 17.7 Å². The Hall–Kier alpha value is -1.89. The fourth-order valence-corrected chi connectivity index (χ4v) is 2.90. The molecule has 2 fully saturated rings. The number of aromatic amines is 1. The van der Waals surface area contributed by atoms with Gasteiger partial charge >= 0.3 is 0 Å². The van der Waals surface area contributed by atoms with Gasteiger partial charge in [-0.1, -0.05) is 0 Å². The van der Waals surface area contributed by atoms with E-state index in [2.05, 4.69) is 22.4 Å². The zero-order valence-electron chi connectivity index (χ0n) is 11.5. The summed E-state index contributed by atoms with van der Waals surface area (Å²) in [5, 5.41) is 9.85. The second-order valence-electron chi connectivity index (χ2n) is 5.50. The minimum atomic E-state index is -0.234. The molecule has 2 amide bonds. The molecule has 1 aromatic heterocycles. The van der Waals surface area contributed by atoms with Crippen LogP contribution in [0.5, 0.6) is 0 Å². The largest absolute Gasteiger partial charge is 0.340 e. The highest BCUT2D eigenvalue weighted by molar-refractivity contribution is 6.00. The SMILES string of the molecule is C[C@@H]1CN(C(=O)[C@@H]2CC(=O)N(c3cn[nH]c3)C2)CCN1. The monoisotopic (exact) mass is 277 g/mol. The van der Waals surface area contributed by atoms with Gasteiger partial charge in [0.1, 0.15) is 0 Å². The summed E-state index contributed by atoms with van der Waals surface area (Å²) in [4.78, 5) is 28.0. The van der Waals surface area contributed by atoms with Crippen molar-refractivity contribution in [2.75, 3.05) is 31.1 Å². The molecule has 2 N–H and O–H groups in total. The number of amides is 2. The molecule has 3 heterocycles. The molecule has 0 bridgehead atoms. The zero-order valence-corrected chi connectivity index (χ0v) is 11.5. The van der Waals surface area contributed by atoms with Crippen molar-refractivity contribution in [2.24, 2.45) is 5.92 Å². The Labute approximate surface area is 117 Å². The number of aromatic nitrogens is 2. The summed E-state index contributed by atoms with van der Waals surface area (Å²) in [6, 6.07) is 0.315. The van der Waals surface area contributed by atoms with E-state index in [1.807, 2.05) is 4.90 Å². The van der Waals surface area contributed by atoms with Crippen LogP contribution in [0, 0.1) is 5.92 Å². The van der Waals surface area contributed by atoms with E-state index in [1.165, 1.54) is 0 Å². The van der Waals surface area contributed by atoms with Gasteiger partial charge in [0, 0.05) is 44.8 Å². The Kier molecular flexibility index (Phi) is 3.43. The smallest absolute Gasteiger partial charge is 0.228 e. The maximum atomic E-state index is 12.5. The summed E-state index contributed by atoms with van der Waals surface area (Å²) in [6.45, 7) is 4.78. The Morgan fingerprint density at radius 2 is 2.30 bits per heavy atom. The van der Waals surface area contributed by atoms with Crippen LogP contribution in [0.4, 0.5) is 5.69 Å². The third-order valence-corrected chi connectivity index (χ3v) is 3.95. The maximum Gasteiger partial charge on any atom is 0.228 e. The van der Waals surface area contributed by atoms with Crippen LogP contribution < -0.4 is 10.2 Å². The summed E-state index contributed by atoms with van der Waals surface area (Å²) >= 11 is 0. The first-order valence-corrected chi connectivity index (χ1v) is 6.96. The predicted octanol–water partition coefficient (Wildman–Crippen LogP) is -0.417. The number of carbonyl (C=O) groups is 2. The highest BCUT2D eigenvalue weighted by Crippen LogP contribution is 2.25. The van der Waals surface area contributed by atoms with Crippen molar-refractivity contribution in [3.63, 3.8) is 0 Å². The number of hydrogen-bond donors (Lipinski definition) is 2. The summed E-state index contributed by atoms with van der Waals surface area (Å²) < 4.78 is 0. The number of nitrogens with zero attached hydrogens (tertiary/aromatic N) is 3. The summed E-state index contributed by atoms with van der Waals surface area (Å²) in [5.41, 5.74) is 0.735. The third-order valence-electron chi connectivity index (χ3n) is 3.95. The molecule has 2 atom stereocenters. The highest BCUT2D eigenvalue weighted by Gasteiger charge is 2.38. The van der Waals surface area contributed by atoms with E-state index in [0.717, 1.165) is 25.3 Å². The lowest BCUT2D eigenvalue weighted by Crippen LogP contribution is -2.53. The van der Waals surface area contributed by atoms with E-state index in [4.69, 9.17) is 0 Å². The fourth-order valence-electron chi connectivity index (χ4n) is 2.90. The second-order valence-corrected chi connectivity index (χ2v) is 5.50. The number of anilines is 1. The van der Waals surface area contributed by atoms with Crippen LogP contribution in [0.3, 0.4) is 0 Å². The Morgan fingerprint density at radius 3 is 3.00 bits per heavy atom. The van der Waals surface area contributed by atoms with Gasteiger partial charge in [0.15, 0.2) is 0 Å². The molecule has 1 aromatic rings. The summed E-state index contributed by atoms with van der Waals surface area (Å²) in [7, 11) is 0. The molecule has 0 aliphatic carbocycles. The average molecular weight is 277 g/mol. The first-order valence-electron chi connectivity index (χ1n) is 6.96. The molecule has 0 radical (unpaired) electrons. The number of piperazine rings is 1. The molecule has 20 heavy (non-hydrogen) atoms. The standard InChI is InChI=1S/C13H19N5O2/c1-9-7-17(3-2-14-9)13(20)10-4-12(19)18(8-10)11-5-15-16-6-11/h5-6,9-10,14H,2-4,7-8H2,1H3,(H,15,16)/t9-,10-/m1/s1. The van der Waals surface area contributed by atoms with Crippen molar-refractivity contribution >= 4 is 17.5 Å². The molecule has 2 aliphatic heterocycles. The van der Waals surface area contributed by atoms with Crippen LogP contribution in [0.25, 0.3) is 0 Å². The number of carbonyl (C=O) groups excluding carboxylic acids is 2. The maximum absolute atomic E-state index is 12.5. The lowest BCUT2D eigenvalue weighted by molar-refractivity contribution is -0.136. The van der Waals surface area contributed by atoms with E-state index in [9.17, 15) is 9.59 Å². The summed E-state index contributed by atoms with van der Waals surface area (Å²) in [6.07, 6.45) is 3.58. The topological polar surface area (TPSA) is 81.3 Å². The van der Waals surface area contributed by atoms with E-state index >= 15 is 0 Å². The van der Waals surface area contributed by atoms with Crippen LogP contribution >= 0.6 is 0 Å². The van der Waals surface area contributed by atoms with E-state index in [1.54, 1.807) is 17.3 Å². The predicted molar refractivity (Wildman–Crippen MR) is 73.1 cm³/mol. The fraction of sp³-hybridized carbons (Fsp3) is 0.615. The molecular formula is C13H19N5O2. The Balaban J connectivity index is 1.67. The molecule has 3 rings (SSSR count). The average Bonchev–Trinajstić information content (AvgIpc) is 3.06. The zero-order chi connectivity index (χ0) is 14.1. The quantitative estimate of drug-likeness (QED) is 0.769. The minimum Gasteiger partial charge on any atom is -0.340 e. The third kappa shape index (κ3) is 2.40. The lowest BCUT2D eigenvalue weighted by Gasteiger charge is -2.33. The molecule has 7 nitrogen and oxygen atoms in total. The summed E-state index contributed by atoms with van der Waals surface area (Å²) in [5.74, 6) is -0.145. The van der Waals surface area contributed by atoms with Crippen molar-refractivity contribution in [1.29, 1.82) is 0 Å². The van der Waals surface area contributed by atoms with Crippen LogP contribution in [-0.2, 0) is 9.59 Å². The first kappa shape index (κ1) is 13.1. The van der Waals surface area contributed by atoms with Crippen molar-refractivity contribution in [1.82, 2.24) is 20.4 Å². The Bertz CT molecular complexity index is 501. The lowest BCUT2D eigenvalue weighted by atomic mass is 10.1. The first-order chi connectivity index (χ1) is 9.65. The van der Waals surface area contributed by atoms with Crippen molar-refractivity contribution < 1.29 is 9.59 Å². The van der Waals surface area contributed by atoms with Gasteiger partial charge in [0.25, 0.3) is 0 Å². The molecule has 0 saturated carbocycles. The van der Waals surface area contributed by atoms with Crippen LogP contribution in [0.2, 0.25) is 0 Å². The van der Waals surface area contributed by atoms with Gasteiger partial charge < -0.3 is 15.1 Å². The molecule has 2 aliphatic rings. The van der Waals surface area contributed by atoms with Gasteiger partial charge in [-0.3, -0.25) is 14.7 Å². The molecule has 0 spiro atoms. The van der Waals surface area contributed by atoms with Gasteiger partial charge in [0.05, 0.1) is 17.8 Å². The van der Waals surface area contributed by atoms with Gasteiger partial charge in [-0.05, 0) is 6.92 Å². The number of nitrogens with one attached hydrogen (secondary N) is 2. The number of hydrogen-bond acceptors (Lipinski definition) is 4. The van der Waals surface area contributed by atoms with Gasteiger partial charge in [-0.15, -0.1) is 0 Å². The van der Waals surface area contributed by atoms with E-state index < -0.39 is 0 Å². The number of H-pyrrole nitrogens is 1. The second kappa shape index (κ2) is 5.24. The van der Waals surface area contributed by atoms with Crippen molar-refractivity contribution in [3.05, 3.63) is 12.4 Å². The van der Waals surface area contributed by atoms with Crippen molar-refractivity contribution in [2.45, 2.75) is 19.4 Å². The molecular weight excluding hydrogens is 258 g/mol. The molecule has 0 unspecified atom stereocenters. The van der Waals surface area contributed by atoms with Crippen LogP contribution in [0.15, 0.2) is 12.4 Å². The normalized spacial score (nSPS) is 27.1. The Morgan fingerprint density at radius 1 is 1.45 bits per heavy atom. The van der Waals surface area contributed by atoms with Gasteiger partial charge in [-0.2, -0.15) is 5.10 Å². The molecule has 108 valence electrons. The number of rotatable bonds is 2. The molecule has 7 heteroatoms. The van der Waals surface area contributed by atoms with Gasteiger partial charge in [-0.25, -0.2) is 0 Å². The highest BCUT2D eigenvalue weighted by atomic mass is 16.2. The van der Waals surface area contributed by atoms with Crippen molar-refractivity contribution in [3.8, 4) is 0 Å². The van der Waals surface area contributed by atoms with Gasteiger partial charge in [0.2, 0.25) is 11.8 Å². The van der Waals surface area contributed by atoms with Crippen LogP contribution in [-0.4, -0.2) is 59.1 Å². The van der Waals surface area contributed by atoms with Crippen LogP contribution in [0.1, 0.15) is 13.3 Å². The molecule has 0 aromatic carbocycles.